The third kappa shape index (κ3) is 4.29. The van der Waals surface area contributed by atoms with E-state index in [1.165, 1.54) is 18.2 Å². The third-order valence-corrected chi connectivity index (χ3v) is 3.48. The Morgan fingerprint density at radius 1 is 1.12 bits per heavy atom. The number of hydrogen-bond donors (Lipinski definition) is 2. The van der Waals surface area contributed by atoms with Gasteiger partial charge < -0.3 is 24.8 Å². The van der Waals surface area contributed by atoms with Crippen molar-refractivity contribution in [2.24, 2.45) is 0 Å². The lowest BCUT2D eigenvalue weighted by Crippen LogP contribution is -2.32. The topological polar surface area (TPSA) is 68.8 Å². The molecule has 0 saturated heterocycles. The van der Waals surface area contributed by atoms with Crippen LogP contribution in [0, 0.1) is 0 Å². The van der Waals surface area contributed by atoms with Gasteiger partial charge in [0.05, 0.1) is 17.8 Å². The van der Waals surface area contributed by atoms with E-state index in [0.717, 1.165) is 6.07 Å². The maximum absolute atomic E-state index is 12.9. The Labute approximate surface area is 146 Å². The lowest BCUT2D eigenvalue weighted by atomic mass is 10.1. The largest absolute Gasteiger partial charge is 0.492 e. The van der Waals surface area contributed by atoms with E-state index in [4.69, 9.17) is 14.2 Å². The molecule has 2 N–H and O–H groups in total. The van der Waals surface area contributed by atoms with Crippen LogP contribution >= 0.6 is 0 Å². The second kappa shape index (κ2) is 7.42. The van der Waals surface area contributed by atoms with Crippen molar-refractivity contribution in [2.75, 3.05) is 25.3 Å². The molecule has 0 atom stereocenters. The second-order valence-corrected chi connectivity index (χ2v) is 5.29. The molecule has 0 bridgehead atoms. The molecule has 2 amide bonds. The van der Waals surface area contributed by atoms with E-state index in [2.05, 4.69) is 10.6 Å². The van der Waals surface area contributed by atoms with Gasteiger partial charge in [0.25, 0.3) is 0 Å². The quantitative estimate of drug-likeness (QED) is 0.791. The Kier molecular flexibility index (Phi) is 5.06. The number of anilines is 1. The lowest BCUT2D eigenvalue weighted by Gasteiger charge is -2.14. The molecule has 0 saturated carbocycles. The normalized spacial score (nSPS) is 12.6. The van der Waals surface area contributed by atoms with Crippen LogP contribution in [0.3, 0.4) is 0 Å². The number of alkyl halides is 3. The number of benzene rings is 2. The minimum absolute atomic E-state index is 0.106. The van der Waals surface area contributed by atoms with Crippen LogP contribution in [0.2, 0.25) is 0 Å². The number of urea groups is 1. The molecule has 138 valence electrons. The summed E-state index contributed by atoms with van der Waals surface area (Å²) in [5, 5.41) is 4.62. The van der Waals surface area contributed by atoms with Gasteiger partial charge in [0, 0.05) is 6.07 Å². The molecule has 0 aliphatic carbocycles. The number of fused-ring (bicyclic) bond motifs is 1. The van der Waals surface area contributed by atoms with Gasteiger partial charge in [0.2, 0.25) is 6.79 Å². The van der Waals surface area contributed by atoms with Crippen molar-refractivity contribution in [3.05, 3.63) is 48.0 Å². The van der Waals surface area contributed by atoms with Gasteiger partial charge >= 0.3 is 12.2 Å². The van der Waals surface area contributed by atoms with Gasteiger partial charge in [-0.25, -0.2) is 4.79 Å². The zero-order valence-corrected chi connectivity index (χ0v) is 13.4. The number of ether oxygens (including phenoxy) is 3. The molecule has 1 heterocycles. The zero-order chi connectivity index (χ0) is 18.6. The summed E-state index contributed by atoms with van der Waals surface area (Å²) in [6, 6.07) is 9.04. The summed E-state index contributed by atoms with van der Waals surface area (Å²) < 4.78 is 54.5. The highest BCUT2D eigenvalue weighted by molar-refractivity contribution is 5.90. The maximum Gasteiger partial charge on any atom is 0.418 e. The predicted octanol–water partition coefficient (Wildman–Crippen LogP) is 3.63. The van der Waals surface area contributed by atoms with Gasteiger partial charge in [0.15, 0.2) is 11.5 Å². The van der Waals surface area contributed by atoms with Crippen LogP contribution in [-0.2, 0) is 6.18 Å². The minimum atomic E-state index is -4.55. The number of halogens is 3. The van der Waals surface area contributed by atoms with Crippen LogP contribution in [0.15, 0.2) is 42.5 Å². The highest BCUT2D eigenvalue weighted by Gasteiger charge is 2.33. The van der Waals surface area contributed by atoms with Crippen LogP contribution in [0.5, 0.6) is 17.2 Å². The van der Waals surface area contributed by atoms with Crippen LogP contribution in [0.25, 0.3) is 0 Å². The molecule has 1 aliphatic heterocycles. The highest BCUT2D eigenvalue weighted by atomic mass is 19.4. The summed E-state index contributed by atoms with van der Waals surface area (Å²) >= 11 is 0. The molecule has 2 aromatic rings. The summed E-state index contributed by atoms with van der Waals surface area (Å²) in [5.74, 6) is 1.72. The van der Waals surface area contributed by atoms with Crippen LogP contribution in [-0.4, -0.2) is 26.0 Å². The third-order valence-electron chi connectivity index (χ3n) is 3.48. The standard InChI is InChI=1S/C17H15F3N2O4/c18-17(19,20)12-3-1-2-4-13(12)22-16(23)21-7-8-24-11-5-6-14-15(9-11)26-10-25-14/h1-6,9H,7-8,10H2,(H2,21,22,23). The number of nitrogens with one attached hydrogen (secondary N) is 2. The zero-order valence-electron chi connectivity index (χ0n) is 13.4. The van der Waals surface area contributed by atoms with Crippen molar-refractivity contribution in [2.45, 2.75) is 6.18 Å². The fourth-order valence-electron chi connectivity index (χ4n) is 2.31. The fourth-order valence-corrected chi connectivity index (χ4v) is 2.31. The van der Waals surface area contributed by atoms with Crippen LogP contribution in [0.4, 0.5) is 23.7 Å². The van der Waals surface area contributed by atoms with Crippen LogP contribution < -0.4 is 24.8 Å². The number of rotatable bonds is 5. The van der Waals surface area contributed by atoms with E-state index in [1.807, 2.05) is 0 Å². The molecule has 26 heavy (non-hydrogen) atoms. The number of carbonyl (C=O) groups excluding carboxylic acids is 1. The van der Waals surface area contributed by atoms with E-state index in [9.17, 15) is 18.0 Å². The lowest BCUT2D eigenvalue weighted by molar-refractivity contribution is -0.136. The second-order valence-electron chi connectivity index (χ2n) is 5.29. The van der Waals surface area contributed by atoms with Crippen molar-refractivity contribution in [3.63, 3.8) is 0 Å². The molecular weight excluding hydrogens is 353 g/mol. The van der Waals surface area contributed by atoms with Gasteiger partial charge in [-0.2, -0.15) is 13.2 Å². The molecule has 0 unspecified atom stereocenters. The van der Waals surface area contributed by atoms with Gasteiger partial charge in [0.1, 0.15) is 12.4 Å². The number of hydrogen-bond acceptors (Lipinski definition) is 4. The van der Waals surface area contributed by atoms with Crippen molar-refractivity contribution in [1.82, 2.24) is 5.32 Å². The average molecular weight is 368 g/mol. The summed E-state index contributed by atoms with van der Waals surface area (Å²) in [4.78, 5) is 11.8. The molecule has 1 aliphatic rings. The minimum Gasteiger partial charge on any atom is -0.492 e. The first-order chi connectivity index (χ1) is 12.4. The number of para-hydroxylation sites is 1. The monoisotopic (exact) mass is 368 g/mol. The molecular formula is C17H15F3N2O4. The van der Waals surface area contributed by atoms with E-state index in [1.54, 1.807) is 18.2 Å². The molecule has 0 aromatic heterocycles. The Bertz CT molecular complexity index is 796. The Morgan fingerprint density at radius 2 is 1.88 bits per heavy atom. The van der Waals surface area contributed by atoms with Crippen molar-refractivity contribution < 1.29 is 32.2 Å². The smallest absolute Gasteiger partial charge is 0.418 e. The first kappa shape index (κ1) is 17.7. The Hall–Kier alpha value is -3.10. The van der Waals surface area contributed by atoms with E-state index < -0.39 is 17.8 Å². The van der Waals surface area contributed by atoms with Gasteiger partial charge in [-0.3, -0.25) is 0 Å². The van der Waals surface area contributed by atoms with Crippen molar-refractivity contribution in [3.8, 4) is 17.2 Å². The van der Waals surface area contributed by atoms with E-state index in [-0.39, 0.29) is 25.6 Å². The summed E-state index contributed by atoms with van der Waals surface area (Å²) in [7, 11) is 0. The summed E-state index contributed by atoms with van der Waals surface area (Å²) in [5.41, 5.74) is -1.22. The Morgan fingerprint density at radius 3 is 2.69 bits per heavy atom. The summed E-state index contributed by atoms with van der Waals surface area (Å²) in [6.45, 7) is 0.391. The SMILES string of the molecule is O=C(NCCOc1ccc2c(c1)OCO2)Nc1ccccc1C(F)(F)F. The highest BCUT2D eigenvalue weighted by Crippen LogP contribution is 2.35. The maximum atomic E-state index is 12.9. The van der Waals surface area contributed by atoms with Gasteiger partial charge in [-0.15, -0.1) is 0 Å². The molecule has 0 spiro atoms. The molecule has 0 radical (unpaired) electrons. The van der Waals surface area contributed by atoms with Gasteiger partial charge in [-0.05, 0) is 24.3 Å². The summed E-state index contributed by atoms with van der Waals surface area (Å²) in [6.07, 6.45) is -4.55. The van der Waals surface area contributed by atoms with E-state index >= 15 is 0 Å². The molecule has 2 aromatic carbocycles. The number of carbonyl (C=O) groups is 1. The first-order valence-corrected chi connectivity index (χ1v) is 7.67. The molecule has 3 rings (SSSR count). The molecule has 0 fully saturated rings. The first-order valence-electron chi connectivity index (χ1n) is 7.67. The van der Waals surface area contributed by atoms with E-state index in [0.29, 0.717) is 17.2 Å². The van der Waals surface area contributed by atoms with Crippen LogP contribution in [0.1, 0.15) is 5.56 Å². The van der Waals surface area contributed by atoms with Crippen molar-refractivity contribution in [1.29, 1.82) is 0 Å². The predicted molar refractivity (Wildman–Crippen MR) is 86.5 cm³/mol. The average Bonchev–Trinajstić information content (AvgIpc) is 3.06. The molecule has 9 heteroatoms. The van der Waals surface area contributed by atoms with Gasteiger partial charge in [-0.1, -0.05) is 12.1 Å². The Balaban J connectivity index is 1.46. The number of amides is 2. The fraction of sp³-hybridized carbons (Fsp3) is 0.235. The van der Waals surface area contributed by atoms with Crippen molar-refractivity contribution >= 4 is 11.7 Å². The molecule has 6 nitrogen and oxygen atoms in total.